The van der Waals surface area contributed by atoms with Gasteiger partial charge in [0.25, 0.3) is 0 Å². The van der Waals surface area contributed by atoms with Gasteiger partial charge in [0.05, 0.1) is 0 Å². The zero-order chi connectivity index (χ0) is 17.7. The van der Waals surface area contributed by atoms with Gasteiger partial charge in [-0.2, -0.15) is 5.10 Å². The van der Waals surface area contributed by atoms with Crippen molar-refractivity contribution in [3.63, 3.8) is 0 Å². The molecule has 1 aromatic carbocycles. The maximum Gasteiger partial charge on any atom is 0.329 e. The molecule has 1 aromatic rings. The number of hydrogen-bond donors (Lipinski definition) is 2. The molecule has 5 nitrogen and oxygen atoms in total. The molecule has 130 valence electrons. The number of nitrogens with one attached hydrogen (secondary N) is 2. The van der Waals surface area contributed by atoms with Crippen LogP contribution in [-0.4, -0.2) is 17.5 Å². The Morgan fingerprint density at radius 1 is 1.17 bits per heavy atom. The molecule has 1 aliphatic rings. The van der Waals surface area contributed by atoms with E-state index in [2.05, 4.69) is 36.6 Å². The number of hydrazone groups is 1. The minimum atomic E-state index is -0.777. The van der Waals surface area contributed by atoms with E-state index in [0.717, 1.165) is 31.4 Å². The second-order valence-electron chi connectivity index (χ2n) is 7.22. The van der Waals surface area contributed by atoms with Gasteiger partial charge < -0.3 is 5.32 Å². The summed E-state index contributed by atoms with van der Waals surface area (Å²) in [6.45, 7) is 6.76. The predicted octanol–water partition coefficient (Wildman–Crippen LogP) is 3.99. The van der Waals surface area contributed by atoms with Gasteiger partial charge in [-0.1, -0.05) is 38.4 Å². The summed E-state index contributed by atoms with van der Waals surface area (Å²) in [7, 11) is 0. The molecule has 0 aliphatic heterocycles. The molecule has 1 aliphatic carbocycles. The molecule has 0 aromatic heterocycles. The van der Waals surface area contributed by atoms with Crippen LogP contribution in [0.25, 0.3) is 0 Å². The quantitative estimate of drug-likeness (QED) is 0.626. The molecule has 0 radical (unpaired) electrons. The second-order valence-corrected chi connectivity index (χ2v) is 7.66. The molecule has 0 bridgehead atoms. The summed E-state index contributed by atoms with van der Waals surface area (Å²) in [6.07, 6.45) is 3.84. The average Bonchev–Trinajstić information content (AvgIpc) is 2.52. The van der Waals surface area contributed by atoms with Gasteiger partial charge in [0, 0.05) is 16.4 Å². The molecule has 0 unspecified atom stereocenters. The predicted molar refractivity (Wildman–Crippen MR) is 97.1 cm³/mol. The molecule has 0 saturated heterocycles. The average molecular weight is 350 g/mol. The van der Waals surface area contributed by atoms with Crippen molar-refractivity contribution < 1.29 is 9.59 Å². The van der Waals surface area contributed by atoms with Crippen molar-refractivity contribution in [2.24, 2.45) is 16.4 Å². The lowest BCUT2D eigenvalue weighted by Crippen LogP contribution is -2.33. The number of amides is 2. The van der Waals surface area contributed by atoms with Crippen LogP contribution in [-0.2, 0) is 9.59 Å². The minimum Gasteiger partial charge on any atom is -0.318 e. The normalized spacial score (nSPS) is 18.0. The number of nitrogens with zero attached hydrogens (tertiary/aromatic N) is 1. The molecule has 1 fully saturated rings. The first kappa shape index (κ1) is 18.5. The van der Waals surface area contributed by atoms with Crippen LogP contribution in [0.3, 0.4) is 0 Å². The Bertz CT molecular complexity index is 640. The maximum atomic E-state index is 11.8. The number of carbonyl (C=O) groups excluding carboxylic acids is 2. The van der Waals surface area contributed by atoms with Gasteiger partial charge >= 0.3 is 11.8 Å². The lowest BCUT2D eigenvalue weighted by Gasteiger charge is -2.34. The van der Waals surface area contributed by atoms with E-state index in [-0.39, 0.29) is 0 Å². The Morgan fingerprint density at radius 2 is 1.83 bits per heavy atom. The van der Waals surface area contributed by atoms with Crippen LogP contribution in [0.4, 0.5) is 5.69 Å². The van der Waals surface area contributed by atoms with E-state index in [1.165, 1.54) is 0 Å². The molecule has 6 heteroatoms. The lowest BCUT2D eigenvalue weighted by molar-refractivity contribution is -0.136. The molecular weight excluding hydrogens is 326 g/mol. The lowest BCUT2D eigenvalue weighted by atomic mass is 9.72. The largest absolute Gasteiger partial charge is 0.329 e. The van der Waals surface area contributed by atoms with Crippen LogP contribution in [0.2, 0.25) is 5.02 Å². The zero-order valence-corrected chi connectivity index (χ0v) is 15.1. The van der Waals surface area contributed by atoms with Gasteiger partial charge in [0.15, 0.2) is 0 Å². The van der Waals surface area contributed by atoms with Gasteiger partial charge in [-0.3, -0.25) is 9.59 Å². The maximum absolute atomic E-state index is 11.8. The Kier molecular flexibility index (Phi) is 5.99. The topological polar surface area (TPSA) is 70.6 Å². The fourth-order valence-corrected chi connectivity index (χ4v) is 3.05. The van der Waals surface area contributed by atoms with E-state index in [1.807, 2.05) is 0 Å². The van der Waals surface area contributed by atoms with Gasteiger partial charge in [-0.15, -0.1) is 0 Å². The van der Waals surface area contributed by atoms with Gasteiger partial charge in [-0.05, 0) is 55.2 Å². The van der Waals surface area contributed by atoms with Crippen molar-refractivity contribution in [2.45, 2.75) is 46.5 Å². The van der Waals surface area contributed by atoms with Crippen LogP contribution < -0.4 is 10.7 Å². The minimum absolute atomic E-state index is 0.297. The first-order valence-electron chi connectivity index (χ1n) is 8.18. The Balaban J connectivity index is 1.83. The molecule has 1 saturated carbocycles. The SMILES string of the molecule is CC(C)(C)C1CCC(=NNC(=O)C(=O)Nc2cccc(Cl)c2)CC1. The monoisotopic (exact) mass is 349 g/mol. The first-order valence-corrected chi connectivity index (χ1v) is 8.56. The fourth-order valence-electron chi connectivity index (χ4n) is 2.86. The summed E-state index contributed by atoms with van der Waals surface area (Å²) < 4.78 is 0. The van der Waals surface area contributed by atoms with Crippen molar-refractivity contribution in [2.75, 3.05) is 5.32 Å². The van der Waals surface area contributed by atoms with E-state index >= 15 is 0 Å². The molecular formula is C18H24ClN3O2. The van der Waals surface area contributed by atoms with Crippen molar-refractivity contribution in [3.8, 4) is 0 Å². The van der Waals surface area contributed by atoms with E-state index < -0.39 is 11.8 Å². The van der Waals surface area contributed by atoms with Crippen LogP contribution in [0.1, 0.15) is 46.5 Å². The summed E-state index contributed by atoms with van der Waals surface area (Å²) in [5.41, 5.74) is 4.06. The summed E-state index contributed by atoms with van der Waals surface area (Å²) in [6, 6.07) is 6.63. The van der Waals surface area contributed by atoms with Gasteiger partial charge in [0.1, 0.15) is 0 Å². The first-order chi connectivity index (χ1) is 11.3. The van der Waals surface area contributed by atoms with Crippen molar-refractivity contribution in [3.05, 3.63) is 29.3 Å². The van der Waals surface area contributed by atoms with Crippen LogP contribution in [0.15, 0.2) is 29.4 Å². The summed E-state index contributed by atoms with van der Waals surface area (Å²) in [5.74, 6) is -0.872. The second kappa shape index (κ2) is 7.79. The fraction of sp³-hybridized carbons (Fsp3) is 0.500. The van der Waals surface area contributed by atoms with E-state index in [4.69, 9.17) is 11.6 Å². The third-order valence-corrected chi connectivity index (χ3v) is 4.63. The third kappa shape index (κ3) is 5.34. The highest BCUT2D eigenvalue weighted by Crippen LogP contribution is 2.36. The summed E-state index contributed by atoms with van der Waals surface area (Å²) in [5, 5.41) is 7.09. The Hall–Kier alpha value is -1.88. The zero-order valence-electron chi connectivity index (χ0n) is 14.4. The highest BCUT2D eigenvalue weighted by atomic mass is 35.5. The smallest absolute Gasteiger partial charge is 0.318 e. The van der Waals surface area contributed by atoms with E-state index in [1.54, 1.807) is 24.3 Å². The Labute approximate surface area is 147 Å². The molecule has 2 N–H and O–H groups in total. The molecule has 24 heavy (non-hydrogen) atoms. The van der Waals surface area contributed by atoms with Crippen LogP contribution >= 0.6 is 11.6 Å². The molecule has 0 atom stereocenters. The molecule has 0 spiro atoms. The van der Waals surface area contributed by atoms with Gasteiger partial charge in [-0.25, -0.2) is 5.43 Å². The number of carbonyl (C=O) groups is 2. The van der Waals surface area contributed by atoms with Crippen LogP contribution in [0.5, 0.6) is 0 Å². The van der Waals surface area contributed by atoms with Crippen molar-refractivity contribution >= 4 is 34.8 Å². The van der Waals surface area contributed by atoms with Crippen molar-refractivity contribution in [1.82, 2.24) is 5.43 Å². The summed E-state index contributed by atoms with van der Waals surface area (Å²) in [4.78, 5) is 23.7. The van der Waals surface area contributed by atoms with E-state index in [0.29, 0.717) is 22.0 Å². The number of halogens is 1. The summed E-state index contributed by atoms with van der Waals surface area (Å²) >= 11 is 5.84. The molecule has 2 amide bonds. The number of benzene rings is 1. The Morgan fingerprint density at radius 3 is 2.42 bits per heavy atom. The van der Waals surface area contributed by atoms with Crippen LogP contribution in [0, 0.1) is 11.3 Å². The van der Waals surface area contributed by atoms with Crippen molar-refractivity contribution in [1.29, 1.82) is 0 Å². The third-order valence-electron chi connectivity index (χ3n) is 4.39. The molecule has 2 rings (SSSR count). The van der Waals surface area contributed by atoms with E-state index in [9.17, 15) is 9.59 Å². The highest BCUT2D eigenvalue weighted by molar-refractivity contribution is 6.39. The standard InChI is InChI=1S/C18H24ClN3O2/c1-18(2,3)12-7-9-14(10-8-12)21-22-17(24)16(23)20-15-6-4-5-13(19)11-15/h4-6,11-12H,7-10H2,1-3H3,(H,20,23)(H,22,24). The number of hydrogen-bond acceptors (Lipinski definition) is 3. The number of rotatable bonds is 2. The van der Waals surface area contributed by atoms with Gasteiger partial charge in [0.2, 0.25) is 0 Å². The highest BCUT2D eigenvalue weighted by Gasteiger charge is 2.28. The number of anilines is 1. The molecule has 0 heterocycles.